The molecule has 2 rings (SSSR count). The van der Waals surface area contributed by atoms with Crippen molar-refractivity contribution in [1.82, 2.24) is 4.90 Å². The number of benzene rings is 1. The van der Waals surface area contributed by atoms with Gasteiger partial charge in [-0.2, -0.15) is 0 Å². The SMILES string of the molecule is CCC(N)C(c1cccc(F)c1)N1CC(C)C(C)C1. The normalized spacial score (nSPS) is 27.4. The Morgan fingerprint density at radius 2 is 1.95 bits per heavy atom. The van der Waals surface area contributed by atoms with E-state index in [-0.39, 0.29) is 17.9 Å². The molecule has 0 aromatic heterocycles. The van der Waals surface area contributed by atoms with Crippen molar-refractivity contribution in [2.45, 2.75) is 39.3 Å². The Bertz CT molecular complexity index is 411. The first-order valence-corrected chi connectivity index (χ1v) is 7.28. The number of nitrogens with zero attached hydrogens (tertiary/aromatic N) is 1. The van der Waals surface area contributed by atoms with E-state index in [2.05, 4.69) is 25.7 Å². The fraction of sp³-hybridized carbons (Fsp3) is 0.625. The zero-order valence-corrected chi connectivity index (χ0v) is 12.1. The molecule has 0 bridgehead atoms. The molecule has 106 valence electrons. The van der Waals surface area contributed by atoms with Crippen molar-refractivity contribution in [3.05, 3.63) is 35.6 Å². The molecule has 4 atom stereocenters. The number of nitrogens with two attached hydrogens (primary N) is 1. The minimum absolute atomic E-state index is 0.0549. The lowest BCUT2D eigenvalue weighted by atomic mass is 9.96. The van der Waals surface area contributed by atoms with Crippen LogP contribution in [0.2, 0.25) is 0 Å². The molecule has 3 heteroatoms. The predicted octanol–water partition coefficient (Wildman–Crippen LogP) is 3.19. The number of halogens is 1. The second-order valence-electron chi connectivity index (χ2n) is 5.98. The molecule has 0 saturated carbocycles. The van der Waals surface area contributed by atoms with E-state index in [0.29, 0.717) is 11.8 Å². The van der Waals surface area contributed by atoms with Gasteiger partial charge in [0.25, 0.3) is 0 Å². The van der Waals surface area contributed by atoms with Gasteiger partial charge in [0.1, 0.15) is 5.82 Å². The average Bonchev–Trinajstić information content (AvgIpc) is 2.69. The van der Waals surface area contributed by atoms with Crippen molar-refractivity contribution in [2.75, 3.05) is 13.1 Å². The number of rotatable bonds is 4. The Balaban J connectivity index is 2.26. The molecule has 19 heavy (non-hydrogen) atoms. The quantitative estimate of drug-likeness (QED) is 0.905. The van der Waals surface area contributed by atoms with Crippen LogP contribution >= 0.6 is 0 Å². The fourth-order valence-corrected chi connectivity index (χ4v) is 3.04. The third-order valence-corrected chi connectivity index (χ3v) is 4.48. The van der Waals surface area contributed by atoms with E-state index < -0.39 is 0 Å². The lowest BCUT2D eigenvalue weighted by Gasteiger charge is -2.33. The van der Waals surface area contributed by atoms with Gasteiger partial charge in [-0.25, -0.2) is 4.39 Å². The van der Waals surface area contributed by atoms with E-state index in [0.717, 1.165) is 25.1 Å². The maximum Gasteiger partial charge on any atom is 0.123 e. The van der Waals surface area contributed by atoms with Crippen LogP contribution in [0.25, 0.3) is 0 Å². The van der Waals surface area contributed by atoms with E-state index in [1.807, 2.05) is 6.07 Å². The summed E-state index contributed by atoms with van der Waals surface area (Å²) in [4.78, 5) is 2.43. The molecule has 0 radical (unpaired) electrons. The predicted molar refractivity (Wildman–Crippen MR) is 77.3 cm³/mol. The molecule has 1 aromatic rings. The number of hydrogen-bond acceptors (Lipinski definition) is 2. The second kappa shape index (κ2) is 6.02. The maximum atomic E-state index is 13.5. The van der Waals surface area contributed by atoms with Crippen LogP contribution in [0.15, 0.2) is 24.3 Å². The molecule has 0 aliphatic carbocycles. The highest BCUT2D eigenvalue weighted by Gasteiger charge is 2.34. The summed E-state index contributed by atoms with van der Waals surface area (Å²) >= 11 is 0. The maximum absolute atomic E-state index is 13.5. The lowest BCUT2D eigenvalue weighted by molar-refractivity contribution is 0.200. The first kappa shape index (κ1) is 14.5. The third-order valence-electron chi connectivity index (χ3n) is 4.48. The van der Waals surface area contributed by atoms with Crippen molar-refractivity contribution < 1.29 is 4.39 Å². The molecule has 4 unspecified atom stereocenters. The molecule has 2 nitrogen and oxygen atoms in total. The third kappa shape index (κ3) is 3.15. The second-order valence-corrected chi connectivity index (χ2v) is 5.98. The van der Waals surface area contributed by atoms with Gasteiger partial charge < -0.3 is 5.73 Å². The average molecular weight is 264 g/mol. The van der Waals surface area contributed by atoms with Crippen molar-refractivity contribution >= 4 is 0 Å². The molecule has 1 aliphatic heterocycles. The summed E-state index contributed by atoms with van der Waals surface area (Å²) in [5, 5.41) is 0. The van der Waals surface area contributed by atoms with Gasteiger partial charge in [-0.3, -0.25) is 4.90 Å². The molecule has 1 aromatic carbocycles. The zero-order chi connectivity index (χ0) is 14.0. The van der Waals surface area contributed by atoms with Crippen molar-refractivity contribution in [1.29, 1.82) is 0 Å². The van der Waals surface area contributed by atoms with E-state index in [4.69, 9.17) is 5.73 Å². The molecule has 1 heterocycles. The summed E-state index contributed by atoms with van der Waals surface area (Å²) < 4.78 is 13.5. The van der Waals surface area contributed by atoms with E-state index >= 15 is 0 Å². The summed E-state index contributed by atoms with van der Waals surface area (Å²) in [6.45, 7) is 8.77. The molecule has 1 saturated heterocycles. The largest absolute Gasteiger partial charge is 0.326 e. The van der Waals surface area contributed by atoms with Crippen LogP contribution in [0.5, 0.6) is 0 Å². The highest BCUT2D eigenvalue weighted by Crippen LogP contribution is 2.33. The Labute approximate surface area is 115 Å². The smallest absolute Gasteiger partial charge is 0.123 e. The van der Waals surface area contributed by atoms with Gasteiger partial charge in [-0.15, -0.1) is 0 Å². The first-order chi connectivity index (χ1) is 9.02. The summed E-state index contributed by atoms with van der Waals surface area (Å²) in [6.07, 6.45) is 0.903. The molecule has 2 N–H and O–H groups in total. The molecule has 0 amide bonds. The van der Waals surface area contributed by atoms with Crippen molar-refractivity contribution in [3.8, 4) is 0 Å². The van der Waals surface area contributed by atoms with Crippen LogP contribution in [-0.2, 0) is 0 Å². The monoisotopic (exact) mass is 264 g/mol. The van der Waals surface area contributed by atoms with Gasteiger partial charge in [0.15, 0.2) is 0 Å². The molecule has 0 spiro atoms. The Morgan fingerprint density at radius 1 is 1.32 bits per heavy atom. The van der Waals surface area contributed by atoms with Gasteiger partial charge in [0.05, 0.1) is 0 Å². The van der Waals surface area contributed by atoms with Gasteiger partial charge in [-0.05, 0) is 36.0 Å². The van der Waals surface area contributed by atoms with Crippen LogP contribution in [0.1, 0.15) is 38.8 Å². The Hall–Kier alpha value is -0.930. The van der Waals surface area contributed by atoms with Gasteiger partial charge in [0, 0.05) is 25.2 Å². The van der Waals surface area contributed by atoms with E-state index in [1.165, 1.54) is 6.07 Å². The Morgan fingerprint density at radius 3 is 2.47 bits per heavy atom. The number of likely N-dealkylation sites (tertiary alicyclic amines) is 1. The van der Waals surface area contributed by atoms with Crippen LogP contribution in [0, 0.1) is 17.7 Å². The van der Waals surface area contributed by atoms with Crippen LogP contribution < -0.4 is 5.73 Å². The highest BCUT2D eigenvalue weighted by atomic mass is 19.1. The summed E-state index contributed by atoms with van der Waals surface area (Å²) in [6, 6.07) is 7.09. The van der Waals surface area contributed by atoms with Crippen LogP contribution in [-0.4, -0.2) is 24.0 Å². The van der Waals surface area contributed by atoms with E-state index in [9.17, 15) is 4.39 Å². The molecule has 1 fully saturated rings. The molecular weight excluding hydrogens is 239 g/mol. The fourth-order valence-electron chi connectivity index (χ4n) is 3.04. The van der Waals surface area contributed by atoms with Gasteiger partial charge >= 0.3 is 0 Å². The highest BCUT2D eigenvalue weighted by molar-refractivity contribution is 5.22. The topological polar surface area (TPSA) is 29.3 Å². The standard InChI is InChI=1S/C16H25FN2/c1-4-15(18)16(13-6-5-7-14(17)8-13)19-9-11(2)12(3)10-19/h5-8,11-12,15-16H,4,9-10,18H2,1-3H3. The minimum Gasteiger partial charge on any atom is -0.326 e. The minimum atomic E-state index is -0.175. The molecule has 1 aliphatic rings. The van der Waals surface area contributed by atoms with Gasteiger partial charge in [-0.1, -0.05) is 32.9 Å². The zero-order valence-electron chi connectivity index (χ0n) is 12.1. The Kier molecular flexibility index (Phi) is 4.58. The lowest BCUT2D eigenvalue weighted by Crippen LogP contribution is -2.40. The first-order valence-electron chi connectivity index (χ1n) is 7.28. The van der Waals surface area contributed by atoms with Crippen molar-refractivity contribution in [3.63, 3.8) is 0 Å². The van der Waals surface area contributed by atoms with E-state index in [1.54, 1.807) is 12.1 Å². The summed E-state index contributed by atoms with van der Waals surface area (Å²) in [5.74, 6) is 1.19. The summed E-state index contributed by atoms with van der Waals surface area (Å²) in [5.41, 5.74) is 7.32. The van der Waals surface area contributed by atoms with Crippen LogP contribution in [0.4, 0.5) is 4.39 Å². The summed E-state index contributed by atoms with van der Waals surface area (Å²) in [7, 11) is 0. The number of hydrogen-bond donors (Lipinski definition) is 1. The van der Waals surface area contributed by atoms with Crippen molar-refractivity contribution in [2.24, 2.45) is 17.6 Å². The van der Waals surface area contributed by atoms with Crippen LogP contribution in [0.3, 0.4) is 0 Å². The molecular formula is C16H25FN2. The van der Waals surface area contributed by atoms with Gasteiger partial charge in [0.2, 0.25) is 0 Å².